The van der Waals surface area contributed by atoms with E-state index in [0.29, 0.717) is 6.42 Å². The number of thiophene rings is 1. The highest BCUT2D eigenvalue weighted by Crippen LogP contribution is 2.16. The molecule has 0 amide bonds. The minimum Gasteiger partial charge on any atom is -0.390 e. The summed E-state index contributed by atoms with van der Waals surface area (Å²) in [7, 11) is 0. The third-order valence-corrected chi connectivity index (χ3v) is 2.52. The van der Waals surface area contributed by atoms with E-state index < -0.39 is 0 Å². The lowest BCUT2D eigenvalue weighted by Gasteiger charge is -1.91. The van der Waals surface area contributed by atoms with E-state index in [1.807, 2.05) is 12.1 Å². The molecule has 0 radical (unpaired) electrons. The van der Waals surface area contributed by atoms with Crippen molar-refractivity contribution in [3.63, 3.8) is 0 Å². The molecule has 0 fully saturated rings. The van der Waals surface area contributed by atoms with Gasteiger partial charge in [-0.25, -0.2) is 0 Å². The fourth-order valence-corrected chi connectivity index (χ4v) is 1.67. The number of aliphatic hydroxyl groups is 1. The van der Waals surface area contributed by atoms with Gasteiger partial charge in [-0.15, -0.1) is 11.3 Å². The summed E-state index contributed by atoms with van der Waals surface area (Å²) in [4.78, 5) is 1.67. The average Bonchev–Trinajstić information content (AvgIpc) is 2.52. The van der Waals surface area contributed by atoms with Crippen LogP contribution in [0.5, 0.6) is 0 Å². The number of rotatable bonds is 3. The molecule has 0 aromatic carbocycles. The standard InChI is InChI=1S/C8H8N2OS/c9-4-3-6-1-2-8(12-6)7(10)5-11/h1-2,10-11H,3,5H2. The van der Waals surface area contributed by atoms with E-state index in [-0.39, 0.29) is 12.3 Å². The molecule has 1 heterocycles. The summed E-state index contributed by atoms with van der Waals surface area (Å²) >= 11 is 1.38. The first kappa shape index (κ1) is 8.91. The lowest BCUT2D eigenvalue weighted by Crippen LogP contribution is -2.00. The molecule has 12 heavy (non-hydrogen) atoms. The van der Waals surface area contributed by atoms with Crippen LogP contribution in [-0.2, 0) is 6.42 Å². The van der Waals surface area contributed by atoms with E-state index in [1.165, 1.54) is 11.3 Å². The van der Waals surface area contributed by atoms with Crippen molar-refractivity contribution in [2.75, 3.05) is 6.61 Å². The smallest absolute Gasteiger partial charge is 0.0860 e. The van der Waals surface area contributed by atoms with Crippen LogP contribution in [0.3, 0.4) is 0 Å². The van der Waals surface area contributed by atoms with Gasteiger partial charge in [-0.1, -0.05) is 0 Å². The van der Waals surface area contributed by atoms with E-state index in [2.05, 4.69) is 0 Å². The Hall–Kier alpha value is -1.18. The van der Waals surface area contributed by atoms with Gasteiger partial charge in [-0.3, -0.25) is 0 Å². The molecule has 0 aliphatic rings. The molecule has 4 heteroatoms. The Balaban J connectivity index is 2.78. The van der Waals surface area contributed by atoms with E-state index in [1.54, 1.807) is 6.07 Å². The summed E-state index contributed by atoms with van der Waals surface area (Å²) < 4.78 is 0. The summed E-state index contributed by atoms with van der Waals surface area (Å²) in [6.45, 7) is -0.244. The van der Waals surface area contributed by atoms with Gasteiger partial charge in [-0.05, 0) is 12.1 Å². The van der Waals surface area contributed by atoms with Crippen LogP contribution < -0.4 is 0 Å². The van der Waals surface area contributed by atoms with Gasteiger partial charge in [-0.2, -0.15) is 5.26 Å². The minimum atomic E-state index is -0.244. The lowest BCUT2D eigenvalue weighted by atomic mass is 10.3. The number of nitriles is 1. The molecule has 1 aromatic heterocycles. The van der Waals surface area contributed by atoms with Gasteiger partial charge in [0.25, 0.3) is 0 Å². The Labute approximate surface area is 74.4 Å². The lowest BCUT2D eigenvalue weighted by molar-refractivity contribution is 0.357. The van der Waals surface area contributed by atoms with Crippen LogP contribution in [0.4, 0.5) is 0 Å². The summed E-state index contributed by atoms with van der Waals surface area (Å²) in [5, 5.41) is 24.3. The average molecular weight is 180 g/mol. The van der Waals surface area contributed by atoms with Gasteiger partial charge in [0.05, 0.1) is 29.7 Å². The SMILES string of the molecule is N#CCc1ccc(C(=N)CO)s1. The third-order valence-electron chi connectivity index (χ3n) is 1.37. The first-order valence-corrected chi connectivity index (χ1v) is 4.24. The van der Waals surface area contributed by atoms with Crippen LogP contribution in [0, 0.1) is 16.7 Å². The van der Waals surface area contributed by atoms with Gasteiger partial charge in [0.1, 0.15) is 0 Å². The molecule has 3 nitrogen and oxygen atoms in total. The molecule has 0 spiro atoms. The van der Waals surface area contributed by atoms with Crippen molar-refractivity contribution in [2.45, 2.75) is 6.42 Å². The number of hydrogen-bond acceptors (Lipinski definition) is 4. The van der Waals surface area contributed by atoms with E-state index >= 15 is 0 Å². The molecule has 0 aliphatic heterocycles. The zero-order valence-corrected chi connectivity index (χ0v) is 7.19. The highest BCUT2D eigenvalue weighted by Gasteiger charge is 2.03. The quantitative estimate of drug-likeness (QED) is 0.686. The predicted octanol–water partition coefficient (Wildman–Crippen LogP) is 1.17. The summed E-state index contributed by atoms with van der Waals surface area (Å²) in [5.74, 6) is 0. The highest BCUT2D eigenvalue weighted by molar-refractivity contribution is 7.14. The molecular weight excluding hydrogens is 172 g/mol. The van der Waals surface area contributed by atoms with Gasteiger partial charge in [0, 0.05) is 4.88 Å². The largest absolute Gasteiger partial charge is 0.390 e. The molecule has 1 rings (SSSR count). The molecule has 0 unspecified atom stereocenters. The normalized spacial score (nSPS) is 9.33. The minimum absolute atomic E-state index is 0.212. The molecule has 0 atom stereocenters. The zero-order chi connectivity index (χ0) is 8.97. The van der Waals surface area contributed by atoms with Gasteiger partial charge in [0.2, 0.25) is 0 Å². The van der Waals surface area contributed by atoms with E-state index in [0.717, 1.165) is 9.75 Å². The van der Waals surface area contributed by atoms with Crippen molar-refractivity contribution in [1.29, 1.82) is 10.7 Å². The van der Waals surface area contributed by atoms with Crippen molar-refractivity contribution < 1.29 is 5.11 Å². The third kappa shape index (κ3) is 1.91. The maximum atomic E-state index is 8.64. The number of aliphatic hydroxyl groups excluding tert-OH is 1. The molecule has 0 saturated carbocycles. The van der Waals surface area contributed by atoms with Crippen molar-refractivity contribution in [1.82, 2.24) is 0 Å². The number of nitrogens with zero attached hydrogens (tertiary/aromatic N) is 1. The Morgan fingerprint density at radius 1 is 1.67 bits per heavy atom. The predicted molar refractivity (Wildman–Crippen MR) is 47.6 cm³/mol. The van der Waals surface area contributed by atoms with Crippen molar-refractivity contribution in [2.24, 2.45) is 0 Å². The topological polar surface area (TPSA) is 67.9 Å². The molecular formula is C8H8N2OS. The second-order valence-electron chi connectivity index (χ2n) is 2.24. The van der Waals surface area contributed by atoms with Gasteiger partial charge in [0.15, 0.2) is 0 Å². The summed E-state index contributed by atoms with van der Waals surface area (Å²) in [6, 6.07) is 5.60. The Kier molecular flexibility index (Phi) is 2.97. The first-order chi connectivity index (χ1) is 5.77. The van der Waals surface area contributed by atoms with Crippen LogP contribution in [-0.4, -0.2) is 17.4 Å². The van der Waals surface area contributed by atoms with E-state index in [9.17, 15) is 0 Å². The first-order valence-electron chi connectivity index (χ1n) is 3.42. The number of hydrogen-bond donors (Lipinski definition) is 2. The van der Waals surface area contributed by atoms with Crippen molar-refractivity contribution in [3.8, 4) is 6.07 Å². The number of nitrogens with one attached hydrogen (secondary N) is 1. The zero-order valence-electron chi connectivity index (χ0n) is 6.37. The van der Waals surface area contributed by atoms with Crippen LogP contribution in [0.15, 0.2) is 12.1 Å². The monoisotopic (exact) mass is 180 g/mol. The Morgan fingerprint density at radius 2 is 2.42 bits per heavy atom. The van der Waals surface area contributed by atoms with Crippen molar-refractivity contribution >= 4 is 17.0 Å². The molecule has 0 saturated heterocycles. The maximum absolute atomic E-state index is 8.64. The van der Waals surface area contributed by atoms with Crippen LogP contribution in [0.2, 0.25) is 0 Å². The molecule has 62 valence electrons. The fraction of sp³-hybridized carbons (Fsp3) is 0.250. The fourth-order valence-electron chi connectivity index (χ4n) is 0.791. The van der Waals surface area contributed by atoms with Crippen molar-refractivity contribution in [3.05, 3.63) is 21.9 Å². The van der Waals surface area contributed by atoms with Gasteiger partial charge < -0.3 is 10.5 Å². The summed E-state index contributed by atoms with van der Waals surface area (Å²) in [5.41, 5.74) is 0.212. The maximum Gasteiger partial charge on any atom is 0.0860 e. The van der Waals surface area contributed by atoms with Crippen LogP contribution in [0.1, 0.15) is 9.75 Å². The second kappa shape index (κ2) is 4.00. The Morgan fingerprint density at radius 3 is 3.00 bits per heavy atom. The van der Waals surface area contributed by atoms with Crippen LogP contribution >= 0.6 is 11.3 Å². The molecule has 1 aromatic rings. The Bertz CT molecular complexity index is 324. The van der Waals surface area contributed by atoms with Crippen LogP contribution in [0.25, 0.3) is 0 Å². The second-order valence-corrected chi connectivity index (χ2v) is 3.41. The molecule has 0 bridgehead atoms. The highest BCUT2D eigenvalue weighted by atomic mass is 32.1. The summed E-state index contributed by atoms with van der Waals surface area (Å²) in [6.07, 6.45) is 0.378. The molecule has 2 N–H and O–H groups in total. The van der Waals surface area contributed by atoms with Gasteiger partial charge >= 0.3 is 0 Å². The van der Waals surface area contributed by atoms with E-state index in [4.69, 9.17) is 15.8 Å². The molecule has 0 aliphatic carbocycles.